The number of nitrogens with zero attached hydrogens (tertiary/aromatic N) is 4. The minimum atomic E-state index is -4.55. The first-order valence-electron chi connectivity index (χ1n) is 5.12. The summed E-state index contributed by atoms with van der Waals surface area (Å²) in [5.74, 6) is 0. The molecule has 7 nitrogen and oxygen atoms in total. The van der Waals surface area contributed by atoms with E-state index in [0.29, 0.717) is 0 Å². The van der Waals surface area contributed by atoms with Crippen LogP contribution in [0, 0.1) is 0 Å². The molecular formula is C9H8F3N5O2S. The third-order valence-electron chi connectivity index (χ3n) is 2.23. The molecule has 108 valence electrons. The van der Waals surface area contributed by atoms with Crippen LogP contribution in [-0.2, 0) is 22.7 Å². The van der Waals surface area contributed by atoms with Crippen LogP contribution in [0.4, 0.5) is 13.2 Å². The van der Waals surface area contributed by atoms with E-state index in [1.807, 2.05) is 0 Å². The van der Waals surface area contributed by atoms with Gasteiger partial charge in [0, 0.05) is 0 Å². The van der Waals surface area contributed by atoms with E-state index in [1.54, 1.807) is 0 Å². The highest BCUT2D eigenvalue weighted by molar-refractivity contribution is 7.89. The van der Waals surface area contributed by atoms with Gasteiger partial charge < -0.3 is 0 Å². The molecule has 20 heavy (non-hydrogen) atoms. The Morgan fingerprint density at radius 1 is 1.30 bits per heavy atom. The second kappa shape index (κ2) is 4.83. The van der Waals surface area contributed by atoms with E-state index in [2.05, 4.69) is 15.3 Å². The second-order valence-electron chi connectivity index (χ2n) is 3.81. The van der Waals surface area contributed by atoms with Crippen LogP contribution in [0.1, 0.15) is 11.4 Å². The summed E-state index contributed by atoms with van der Waals surface area (Å²) in [6, 6.07) is 3.39. The van der Waals surface area contributed by atoms with E-state index in [1.165, 1.54) is 12.1 Å². The van der Waals surface area contributed by atoms with Gasteiger partial charge in [0.05, 0.1) is 18.4 Å². The summed E-state index contributed by atoms with van der Waals surface area (Å²) in [5, 5.41) is 11.1. The third kappa shape index (κ3) is 3.30. The Balaban J connectivity index is 2.25. The Labute approximate surface area is 111 Å². The smallest absolute Gasteiger partial charge is 0.246 e. The molecule has 2 rings (SSSR count). The van der Waals surface area contributed by atoms with Crippen LogP contribution in [0.25, 0.3) is 0 Å². The van der Waals surface area contributed by atoms with Crippen molar-refractivity contribution < 1.29 is 21.6 Å². The lowest BCUT2D eigenvalue weighted by molar-refractivity contribution is -0.141. The van der Waals surface area contributed by atoms with Gasteiger partial charge in [-0.3, -0.25) is 0 Å². The summed E-state index contributed by atoms with van der Waals surface area (Å²) >= 11 is 0. The number of nitrogens with two attached hydrogens (primary N) is 1. The lowest BCUT2D eigenvalue weighted by Crippen LogP contribution is -2.12. The molecule has 2 heterocycles. The van der Waals surface area contributed by atoms with Crippen molar-refractivity contribution in [1.29, 1.82) is 0 Å². The first-order valence-corrected chi connectivity index (χ1v) is 6.67. The van der Waals surface area contributed by atoms with Gasteiger partial charge in [-0.05, 0) is 12.1 Å². The number of aromatic nitrogens is 4. The van der Waals surface area contributed by atoms with Gasteiger partial charge in [0.1, 0.15) is 5.69 Å². The Bertz CT molecular complexity index is 725. The lowest BCUT2D eigenvalue weighted by atomic mass is 10.3. The fraction of sp³-hybridized carbons (Fsp3) is 0.222. The maximum absolute atomic E-state index is 12.5. The van der Waals surface area contributed by atoms with Crippen molar-refractivity contribution in [3.63, 3.8) is 0 Å². The molecule has 0 atom stereocenters. The second-order valence-corrected chi connectivity index (χ2v) is 5.32. The Morgan fingerprint density at radius 3 is 2.55 bits per heavy atom. The van der Waals surface area contributed by atoms with Crippen molar-refractivity contribution in [2.45, 2.75) is 17.7 Å². The van der Waals surface area contributed by atoms with Gasteiger partial charge in [0.25, 0.3) is 10.0 Å². The first-order chi connectivity index (χ1) is 9.16. The van der Waals surface area contributed by atoms with Crippen LogP contribution in [-0.4, -0.2) is 28.4 Å². The van der Waals surface area contributed by atoms with E-state index in [4.69, 9.17) is 5.14 Å². The van der Waals surface area contributed by atoms with Crippen molar-refractivity contribution in [1.82, 2.24) is 20.0 Å². The SMILES string of the molecule is NS(=O)(=O)c1cn(Cc2cccc(C(F)(F)F)n2)nn1. The van der Waals surface area contributed by atoms with E-state index in [0.717, 1.165) is 16.9 Å². The number of rotatable bonds is 3. The minimum Gasteiger partial charge on any atom is -0.246 e. The van der Waals surface area contributed by atoms with Crippen molar-refractivity contribution in [2.75, 3.05) is 0 Å². The van der Waals surface area contributed by atoms with E-state index < -0.39 is 26.9 Å². The molecule has 0 radical (unpaired) electrons. The summed E-state index contributed by atoms with van der Waals surface area (Å²) in [7, 11) is -4.00. The quantitative estimate of drug-likeness (QED) is 0.883. The highest BCUT2D eigenvalue weighted by Gasteiger charge is 2.32. The summed E-state index contributed by atoms with van der Waals surface area (Å²) in [6.45, 7) is -0.160. The number of primary sulfonamides is 1. The maximum Gasteiger partial charge on any atom is 0.433 e. The molecule has 0 saturated carbocycles. The molecular weight excluding hydrogens is 299 g/mol. The zero-order chi connectivity index (χ0) is 15.0. The lowest BCUT2D eigenvalue weighted by Gasteiger charge is -2.07. The minimum absolute atomic E-state index is 0.0608. The predicted octanol–water partition coefficient (Wildman–Crippen LogP) is 0.388. The van der Waals surface area contributed by atoms with Crippen LogP contribution in [0.5, 0.6) is 0 Å². The van der Waals surface area contributed by atoms with E-state index >= 15 is 0 Å². The highest BCUT2D eigenvalue weighted by Crippen LogP contribution is 2.27. The number of hydrogen-bond acceptors (Lipinski definition) is 5. The molecule has 0 aromatic carbocycles. The predicted molar refractivity (Wildman–Crippen MR) is 59.7 cm³/mol. The van der Waals surface area contributed by atoms with E-state index in [-0.39, 0.29) is 12.2 Å². The number of halogens is 3. The molecule has 0 aliphatic carbocycles. The van der Waals surface area contributed by atoms with Gasteiger partial charge in [-0.1, -0.05) is 11.3 Å². The molecule has 2 aromatic rings. The average Bonchev–Trinajstić information content (AvgIpc) is 2.76. The summed E-state index contributed by atoms with van der Waals surface area (Å²) in [6.07, 6.45) is -3.54. The molecule has 0 bridgehead atoms. The molecule has 2 N–H and O–H groups in total. The number of hydrogen-bond donors (Lipinski definition) is 1. The molecule has 2 aromatic heterocycles. The molecule has 0 spiro atoms. The number of sulfonamides is 1. The molecule has 0 aliphatic rings. The zero-order valence-electron chi connectivity index (χ0n) is 9.74. The zero-order valence-corrected chi connectivity index (χ0v) is 10.6. The largest absolute Gasteiger partial charge is 0.433 e. The van der Waals surface area contributed by atoms with Crippen molar-refractivity contribution >= 4 is 10.0 Å². The molecule has 0 amide bonds. The van der Waals surface area contributed by atoms with Crippen molar-refractivity contribution in [2.24, 2.45) is 5.14 Å². The fourth-order valence-corrected chi connectivity index (χ4v) is 1.80. The summed E-state index contributed by atoms with van der Waals surface area (Å²) in [4.78, 5) is 3.42. The van der Waals surface area contributed by atoms with Gasteiger partial charge >= 0.3 is 6.18 Å². The standard InChI is InChI=1S/C9H8F3N5O2S/c10-9(11,12)7-3-1-2-6(14-7)4-17-5-8(15-16-17)20(13,18)19/h1-3,5H,4H2,(H2,13,18,19). The first kappa shape index (κ1) is 14.4. The Morgan fingerprint density at radius 2 is 2.00 bits per heavy atom. The molecule has 0 aliphatic heterocycles. The summed E-state index contributed by atoms with van der Waals surface area (Å²) < 4.78 is 60.4. The van der Waals surface area contributed by atoms with E-state index in [9.17, 15) is 21.6 Å². The van der Waals surface area contributed by atoms with Crippen LogP contribution >= 0.6 is 0 Å². The monoisotopic (exact) mass is 307 g/mol. The molecule has 0 fully saturated rings. The van der Waals surface area contributed by atoms with Crippen LogP contribution in [0.3, 0.4) is 0 Å². The van der Waals surface area contributed by atoms with Gasteiger partial charge in [-0.25, -0.2) is 23.2 Å². The fourth-order valence-electron chi connectivity index (χ4n) is 1.38. The van der Waals surface area contributed by atoms with Gasteiger partial charge in [0.2, 0.25) is 5.03 Å². The molecule has 0 unspecified atom stereocenters. The summed E-state index contributed by atoms with van der Waals surface area (Å²) in [5.41, 5.74) is -0.979. The van der Waals surface area contributed by atoms with Gasteiger partial charge in [-0.15, -0.1) is 5.10 Å². The van der Waals surface area contributed by atoms with Gasteiger partial charge in [0.15, 0.2) is 0 Å². The van der Waals surface area contributed by atoms with Crippen LogP contribution < -0.4 is 5.14 Å². The average molecular weight is 307 g/mol. The normalized spacial score (nSPS) is 12.6. The maximum atomic E-state index is 12.5. The van der Waals surface area contributed by atoms with Crippen molar-refractivity contribution in [3.05, 3.63) is 35.8 Å². The number of alkyl halides is 3. The van der Waals surface area contributed by atoms with Crippen molar-refractivity contribution in [3.8, 4) is 0 Å². The highest BCUT2D eigenvalue weighted by atomic mass is 32.2. The van der Waals surface area contributed by atoms with Gasteiger partial charge in [-0.2, -0.15) is 13.2 Å². The Hall–Kier alpha value is -2.01. The number of pyridine rings is 1. The molecule has 11 heteroatoms. The van der Waals surface area contributed by atoms with Crippen LogP contribution in [0.15, 0.2) is 29.4 Å². The topological polar surface area (TPSA) is 104 Å². The Kier molecular flexibility index (Phi) is 3.48. The third-order valence-corrected chi connectivity index (χ3v) is 3.00. The van der Waals surface area contributed by atoms with Crippen LogP contribution in [0.2, 0.25) is 0 Å². The molecule has 0 saturated heterocycles.